The van der Waals surface area contributed by atoms with Crippen LogP contribution in [0.1, 0.15) is 49.1 Å². The largest absolute Gasteiger partial charge is 0.311 e. The highest BCUT2D eigenvalue weighted by atomic mass is 32.1. The summed E-state index contributed by atoms with van der Waals surface area (Å²) >= 11 is 1.87. The van der Waals surface area contributed by atoms with Crippen molar-refractivity contribution in [3.63, 3.8) is 0 Å². The van der Waals surface area contributed by atoms with Gasteiger partial charge in [0.05, 0.1) is 0 Å². The summed E-state index contributed by atoms with van der Waals surface area (Å²) in [7, 11) is 0. The van der Waals surface area contributed by atoms with Crippen LogP contribution in [0.15, 0.2) is 41.8 Å². The molecule has 0 bridgehead atoms. The van der Waals surface area contributed by atoms with Crippen LogP contribution in [0.2, 0.25) is 0 Å². The van der Waals surface area contributed by atoms with Crippen LogP contribution in [0.4, 0.5) is 0 Å². The van der Waals surface area contributed by atoms with Gasteiger partial charge in [-0.2, -0.15) is 0 Å². The molecule has 0 saturated carbocycles. The summed E-state index contributed by atoms with van der Waals surface area (Å²) in [6.45, 7) is 9.89. The van der Waals surface area contributed by atoms with E-state index in [9.17, 15) is 0 Å². The minimum absolute atomic E-state index is 0.172. The fourth-order valence-corrected chi connectivity index (χ4v) is 3.15. The molecule has 1 aromatic carbocycles. The SMILES string of the molecule is Cc1ccc(C(CCc2cccs2)CNC(C)(C)C)cc1. The lowest BCUT2D eigenvalue weighted by Crippen LogP contribution is -2.38. The molecule has 1 nitrogen and oxygen atoms in total. The molecule has 21 heavy (non-hydrogen) atoms. The molecule has 2 heteroatoms. The van der Waals surface area contributed by atoms with Crippen LogP contribution in [0, 0.1) is 6.92 Å². The predicted octanol–water partition coefficient (Wildman–Crippen LogP) is 5.16. The first-order valence-corrected chi connectivity index (χ1v) is 8.66. The van der Waals surface area contributed by atoms with Gasteiger partial charge in [-0.05, 0) is 63.5 Å². The second-order valence-corrected chi connectivity index (χ2v) is 7.89. The maximum atomic E-state index is 3.67. The summed E-state index contributed by atoms with van der Waals surface area (Å²) in [5.41, 5.74) is 2.96. The lowest BCUT2D eigenvalue weighted by Gasteiger charge is -2.25. The quantitative estimate of drug-likeness (QED) is 0.777. The zero-order chi connectivity index (χ0) is 15.3. The summed E-state index contributed by atoms with van der Waals surface area (Å²) in [4.78, 5) is 1.49. The van der Waals surface area contributed by atoms with Gasteiger partial charge >= 0.3 is 0 Å². The van der Waals surface area contributed by atoms with Crippen molar-refractivity contribution in [3.8, 4) is 0 Å². The number of aryl methyl sites for hydroxylation is 2. The van der Waals surface area contributed by atoms with E-state index in [1.165, 1.54) is 28.8 Å². The predicted molar refractivity (Wildman–Crippen MR) is 94.3 cm³/mol. The fraction of sp³-hybridized carbons (Fsp3) is 0.474. The molecule has 1 N–H and O–H groups in total. The lowest BCUT2D eigenvalue weighted by molar-refractivity contribution is 0.399. The Morgan fingerprint density at radius 2 is 1.81 bits per heavy atom. The topological polar surface area (TPSA) is 12.0 Å². The summed E-state index contributed by atoms with van der Waals surface area (Å²) < 4.78 is 0. The van der Waals surface area contributed by atoms with E-state index in [4.69, 9.17) is 0 Å². The number of thiophene rings is 1. The first kappa shape index (κ1) is 16.3. The number of hydrogen-bond acceptors (Lipinski definition) is 2. The molecule has 0 saturated heterocycles. The van der Waals surface area contributed by atoms with Crippen molar-refractivity contribution in [1.82, 2.24) is 5.32 Å². The Bertz CT molecular complexity index is 520. The van der Waals surface area contributed by atoms with Crippen molar-refractivity contribution in [2.45, 2.75) is 52.0 Å². The van der Waals surface area contributed by atoms with Crippen LogP contribution in [-0.2, 0) is 6.42 Å². The highest BCUT2D eigenvalue weighted by Crippen LogP contribution is 2.24. The lowest BCUT2D eigenvalue weighted by atomic mass is 9.92. The molecule has 0 fully saturated rings. The third-order valence-electron chi connectivity index (χ3n) is 3.75. The molecule has 0 spiro atoms. The van der Waals surface area contributed by atoms with Gasteiger partial charge in [0.15, 0.2) is 0 Å². The van der Waals surface area contributed by atoms with Crippen LogP contribution in [0.5, 0.6) is 0 Å². The maximum Gasteiger partial charge on any atom is 0.00967 e. The van der Waals surface area contributed by atoms with Crippen LogP contribution >= 0.6 is 11.3 Å². The maximum absolute atomic E-state index is 3.67. The third kappa shape index (κ3) is 5.64. The minimum Gasteiger partial charge on any atom is -0.311 e. The normalized spacial score (nSPS) is 13.3. The first-order chi connectivity index (χ1) is 9.94. The van der Waals surface area contributed by atoms with Gasteiger partial charge in [0.25, 0.3) is 0 Å². The smallest absolute Gasteiger partial charge is 0.00967 e. The number of nitrogens with one attached hydrogen (secondary N) is 1. The van der Waals surface area contributed by atoms with E-state index >= 15 is 0 Å². The summed E-state index contributed by atoms with van der Waals surface area (Å²) in [6.07, 6.45) is 2.37. The third-order valence-corrected chi connectivity index (χ3v) is 4.68. The van der Waals surface area contributed by atoms with Gasteiger partial charge in [-0.25, -0.2) is 0 Å². The average Bonchev–Trinajstić information content (AvgIpc) is 2.92. The molecule has 0 aliphatic carbocycles. The van der Waals surface area contributed by atoms with E-state index in [0.29, 0.717) is 5.92 Å². The number of benzene rings is 1. The van der Waals surface area contributed by atoms with Crippen molar-refractivity contribution >= 4 is 11.3 Å². The van der Waals surface area contributed by atoms with Gasteiger partial charge in [0, 0.05) is 17.0 Å². The van der Waals surface area contributed by atoms with Crippen molar-refractivity contribution in [2.24, 2.45) is 0 Å². The molecule has 2 rings (SSSR count). The summed E-state index contributed by atoms with van der Waals surface area (Å²) in [5, 5.41) is 5.84. The molecule has 0 amide bonds. The van der Waals surface area contributed by atoms with E-state index in [1.54, 1.807) is 0 Å². The zero-order valence-corrected chi connectivity index (χ0v) is 14.5. The van der Waals surface area contributed by atoms with Crippen LogP contribution < -0.4 is 5.32 Å². The summed E-state index contributed by atoms with van der Waals surface area (Å²) in [5.74, 6) is 0.576. The molecule has 1 heterocycles. The Hall–Kier alpha value is -1.12. The van der Waals surface area contributed by atoms with Crippen LogP contribution in [0.3, 0.4) is 0 Å². The Morgan fingerprint density at radius 3 is 2.38 bits per heavy atom. The molecule has 0 aliphatic heterocycles. The van der Waals surface area contributed by atoms with E-state index in [1.807, 2.05) is 11.3 Å². The van der Waals surface area contributed by atoms with Crippen molar-refractivity contribution in [3.05, 3.63) is 57.8 Å². The second-order valence-electron chi connectivity index (χ2n) is 6.86. The van der Waals surface area contributed by atoms with Crippen molar-refractivity contribution in [2.75, 3.05) is 6.54 Å². The molecule has 2 aromatic rings. The van der Waals surface area contributed by atoms with Gasteiger partial charge in [0.2, 0.25) is 0 Å². The van der Waals surface area contributed by atoms with Crippen LogP contribution in [0.25, 0.3) is 0 Å². The van der Waals surface area contributed by atoms with E-state index in [0.717, 1.165) is 6.54 Å². The van der Waals surface area contributed by atoms with Crippen LogP contribution in [-0.4, -0.2) is 12.1 Å². The van der Waals surface area contributed by atoms with E-state index < -0.39 is 0 Å². The van der Waals surface area contributed by atoms with E-state index in [-0.39, 0.29) is 5.54 Å². The average molecular weight is 301 g/mol. The highest BCUT2D eigenvalue weighted by molar-refractivity contribution is 7.09. The zero-order valence-electron chi connectivity index (χ0n) is 13.6. The summed E-state index contributed by atoms with van der Waals surface area (Å²) in [6, 6.07) is 13.4. The first-order valence-electron chi connectivity index (χ1n) is 7.78. The van der Waals surface area contributed by atoms with Gasteiger partial charge in [-0.1, -0.05) is 35.9 Å². The Labute approximate surface area is 133 Å². The Balaban J connectivity index is 2.03. The molecule has 1 unspecified atom stereocenters. The molecule has 114 valence electrons. The highest BCUT2D eigenvalue weighted by Gasteiger charge is 2.16. The monoisotopic (exact) mass is 301 g/mol. The number of rotatable bonds is 6. The van der Waals surface area contributed by atoms with Gasteiger partial charge < -0.3 is 5.32 Å². The standard InChI is InChI=1S/C19H27NS/c1-15-7-9-16(10-8-15)17(14-20-19(2,3)4)11-12-18-6-5-13-21-18/h5-10,13,17,20H,11-12,14H2,1-4H3. The van der Waals surface area contributed by atoms with Crippen molar-refractivity contribution in [1.29, 1.82) is 0 Å². The molecule has 1 atom stereocenters. The minimum atomic E-state index is 0.172. The van der Waals surface area contributed by atoms with Gasteiger partial charge in [-0.15, -0.1) is 11.3 Å². The molecular formula is C19H27NS. The molecule has 0 radical (unpaired) electrons. The molecule has 1 aromatic heterocycles. The van der Waals surface area contributed by atoms with Crippen molar-refractivity contribution < 1.29 is 0 Å². The van der Waals surface area contributed by atoms with Gasteiger partial charge in [-0.3, -0.25) is 0 Å². The Kier molecular flexibility index (Phi) is 5.60. The molecule has 0 aliphatic rings. The second kappa shape index (κ2) is 7.24. The molecular weight excluding hydrogens is 274 g/mol. The number of hydrogen-bond donors (Lipinski definition) is 1. The Morgan fingerprint density at radius 1 is 1.10 bits per heavy atom. The fourth-order valence-electron chi connectivity index (χ4n) is 2.43. The van der Waals surface area contributed by atoms with E-state index in [2.05, 4.69) is 74.8 Å². The van der Waals surface area contributed by atoms with Gasteiger partial charge in [0.1, 0.15) is 0 Å².